The van der Waals surface area contributed by atoms with Crippen LogP contribution >= 0.6 is 11.8 Å². The molecule has 1 N–H and O–H groups in total. The smallest absolute Gasteiger partial charge is 0.235 e. The largest absolute Gasteiger partial charge is 0.310 e. The maximum atomic E-state index is 12.0. The molecule has 9 heteroatoms. The molecular formula is C16H19N7OS. The van der Waals surface area contributed by atoms with Gasteiger partial charge in [0, 0.05) is 18.8 Å². The molecule has 0 aliphatic carbocycles. The lowest BCUT2D eigenvalue weighted by atomic mass is 10.4. The minimum absolute atomic E-state index is 0.113. The van der Waals surface area contributed by atoms with E-state index in [1.165, 1.54) is 11.8 Å². The second kappa shape index (κ2) is 7.06. The third-order valence-corrected chi connectivity index (χ3v) is 4.39. The number of aromatic nitrogens is 6. The average molecular weight is 357 g/mol. The van der Waals surface area contributed by atoms with Crippen molar-refractivity contribution in [1.29, 1.82) is 0 Å². The van der Waals surface area contributed by atoms with Gasteiger partial charge in [0.2, 0.25) is 5.91 Å². The van der Waals surface area contributed by atoms with Crippen LogP contribution in [-0.4, -0.2) is 41.4 Å². The van der Waals surface area contributed by atoms with Gasteiger partial charge in [-0.3, -0.25) is 9.48 Å². The first-order chi connectivity index (χ1) is 11.9. The second-order valence-electron chi connectivity index (χ2n) is 5.70. The normalized spacial score (nSPS) is 10.9. The summed E-state index contributed by atoms with van der Waals surface area (Å²) < 4.78 is 3.38. The molecule has 3 rings (SSSR count). The SMILES string of the molecule is Cc1cc(NC(=O)CSc2ccc(-n3nc(C)cc3C)nn2)n(C)n1. The van der Waals surface area contributed by atoms with Crippen molar-refractivity contribution in [3.05, 3.63) is 41.3 Å². The summed E-state index contributed by atoms with van der Waals surface area (Å²) in [5, 5.41) is 20.4. The molecule has 3 aromatic heterocycles. The summed E-state index contributed by atoms with van der Waals surface area (Å²) in [6.45, 7) is 5.78. The summed E-state index contributed by atoms with van der Waals surface area (Å²) in [6, 6.07) is 7.49. The van der Waals surface area contributed by atoms with Crippen LogP contribution in [0.1, 0.15) is 17.1 Å². The van der Waals surface area contributed by atoms with E-state index in [1.807, 2.05) is 45.0 Å². The topological polar surface area (TPSA) is 90.5 Å². The van der Waals surface area contributed by atoms with Gasteiger partial charge in [-0.05, 0) is 39.0 Å². The number of nitrogens with zero attached hydrogens (tertiary/aromatic N) is 6. The Balaban J connectivity index is 1.59. The Morgan fingerprint density at radius 1 is 1.12 bits per heavy atom. The third-order valence-electron chi connectivity index (χ3n) is 3.47. The minimum atomic E-state index is -0.113. The number of thioether (sulfide) groups is 1. The van der Waals surface area contributed by atoms with Gasteiger partial charge in [0.25, 0.3) is 0 Å². The first-order valence-electron chi connectivity index (χ1n) is 7.73. The van der Waals surface area contributed by atoms with E-state index >= 15 is 0 Å². The molecule has 3 heterocycles. The first kappa shape index (κ1) is 17.2. The van der Waals surface area contributed by atoms with E-state index in [2.05, 4.69) is 25.7 Å². The summed E-state index contributed by atoms with van der Waals surface area (Å²) in [5.74, 6) is 1.47. The molecule has 0 saturated heterocycles. The third kappa shape index (κ3) is 4.05. The fourth-order valence-corrected chi connectivity index (χ4v) is 3.02. The van der Waals surface area contributed by atoms with E-state index in [4.69, 9.17) is 0 Å². The molecule has 0 bridgehead atoms. The molecular weight excluding hydrogens is 338 g/mol. The number of hydrogen-bond acceptors (Lipinski definition) is 6. The fourth-order valence-electron chi connectivity index (χ4n) is 2.41. The van der Waals surface area contributed by atoms with Gasteiger partial charge in [-0.25, -0.2) is 4.68 Å². The predicted octanol–water partition coefficient (Wildman–Crippen LogP) is 2.05. The molecule has 0 fully saturated rings. The van der Waals surface area contributed by atoms with Crippen molar-refractivity contribution in [1.82, 2.24) is 29.8 Å². The van der Waals surface area contributed by atoms with Gasteiger partial charge >= 0.3 is 0 Å². The zero-order valence-electron chi connectivity index (χ0n) is 14.5. The highest BCUT2D eigenvalue weighted by Crippen LogP contribution is 2.17. The van der Waals surface area contributed by atoms with Crippen LogP contribution in [0.3, 0.4) is 0 Å². The Labute approximate surface area is 149 Å². The van der Waals surface area contributed by atoms with Crippen LogP contribution < -0.4 is 5.32 Å². The van der Waals surface area contributed by atoms with Crippen molar-refractivity contribution in [3.8, 4) is 5.82 Å². The number of nitrogens with one attached hydrogen (secondary N) is 1. The van der Waals surface area contributed by atoms with Crippen LogP contribution in [0, 0.1) is 20.8 Å². The summed E-state index contributed by atoms with van der Waals surface area (Å²) in [4.78, 5) is 12.0. The van der Waals surface area contributed by atoms with Crippen molar-refractivity contribution >= 4 is 23.5 Å². The molecule has 0 aliphatic rings. The van der Waals surface area contributed by atoms with Crippen molar-refractivity contribution < 1.29 is 4.79 Å². The molecule has 130 valence electrons. The van der Waals surface area contributed by atoms with Crippen LogP contribution in [0.25, 0.3) is 5.82 Å². The molecule has 0 unspecified atom stereocenters. The van der Waals surface area contributed by atoms with Gasteiger partial charge in [-0.15, -0.1) is 10.2 Å². The summed E-state index contributed by atoms with van der Waals surface area (Å²) in [5.41, 5.74) is 2.79. The van der Waals surface area contributed by atoms with Crippen LogP contribution in [0.15, 0.2) is 29.3 Å². The lowest BCUT2D eigenvalue weighted by molar-refractivity contribution is -0.113. The van der Waals surface area contributed by atoms with E-state index in [9.17, 15) is 4.79 Å². The standard InChI is InChI=1S/C16H19N7OS/c1-10-7-12(3)23(21-10)13-5-6-16(19-18-13)25-9-15(24)17-14-8-11(2)20-22(14)4/h5-8H,9H2,1-4H3,(H,17,24). The first-order valence-corrected chi connectivity index (χ1v) is 8.71. The van der Waals surface area contributed by atoms with Gasteiger partial charge in [-0.1, -0.05) is 11.8 Å². The van der Waals surface area contributed by atoms with Crippen LogP contribution in [-0.2, 0) is 11.8 Å². The number of rotatable bonds is 5. The molecule has 0 aliphatic heterocycles. The monoisotopic (exact) mass is 357 g/mol. The van der Waals surface area contributed by atoms with Crippen LogP contribution in [0.5, 0.6) is 0 Å². The molecule has 3 aromatic rings. The van der Waals surface area contributed by atoms with Gasteiger partial charge in [0.15, 0.2) is 5.82 Å². The van der Waals surface area contributed by atoms with Crippen LogP contribution in [0.2, 0.25) is 0 Å². The lowest BCUT2D eigenvalue weighted by Gasteiger charge is -2.05. The van der Waals surface area contributed by atoms with Crippen molar-refractivity contribution in [2.75, 3.05) is 11.1 Å². The highest BCUT2D eigenvalue weighted by molar-refractivity contribution is 7.99. The maximum Gasteiger partial charge on any atom is 0.235 e. The zero-order chi connectivity index (χ0) is 18.0. The molecule has 0 spiro atoms. The zero-order valence-corrected chi connectivity index (χ0v) is 15.3. The number of anilines is 1. The molecule has 0 aromatic carbocycles. The Bertz CT molecular complexity index is 898. The number of carbonyl (C=O) groups excluding carboxylic acids is 1. The van der Waals surface area contributed by atoms with Gasteiger partial charge in [0.05, 0.1) is 17.1 Å². The van der Waals surface area contributed by atoms with Crippen molar-refractivity contribution in [2.45, 2.75) is 25.8 Å². The molecule has 1 amide bonds. The maximum absolute atomic E-state index is 12.0. The summed E-state index contributed by atoms with van der Waals surface area (Å²) >= 11 is 1.33. The van der Waals surface area contributed by atoms with Gasteiger partial charge < -0.3 is 5.32 Å². The Kier molecular flexibility index (Phi) is 4.84. The van der Waals surface area contributed by atoms with Crippen molar-refractivity contribution in [3.63, 3.8) is 0 Å². The Morgan fingerprint density at radius 3 is 2.44 bits per heavy atom. The van der Waals surface area contributed by atoms with Crippen LogP contribution in [0.4, 0.5) is 5.82 Å². The predicted molar refractivity (Wildman–Crippen MR) is 95.9 cm³/mol. The quantitative estimate of drug-likeness (QED) is 0.703. The van der Waals surface area contributed by atoms with Crippen molar-refractivity contribution in [2.24, 2.45) is 7.05 Å². The number of carbonyl (C=O) groups is 1. The second-order valence-corrected chi connectivity index (χ2v) is 6.70. The number of hydrogen-bond donors (Lipinski definition) is 1. The van der Waals surface area contributed by atoms with E-state index in [-0.39, 0.29) is 11.7 Å². The van der Waals surface area contributed by atoms with Gasteiger partial charge in [-0.2, -0.15) is 10.2 Å². The van der Waals surface area contributed by atoms with E-state index in [1.54, 1.807) is 16.4 Å². The van der Waals surface area contributed by atoms with Gasteiger partial charge in [0.1, 0.15) is 10.8 Å². The molecule has 0 atom stereocenters. The van der Waals surface area contributed by atoms with E-state index in [0.29, 0.717) is 16.7 Å². The molecule has 0 saturated carbocycles. The molecule has 25 heavy (non-hydrogen) atoms. The number of aryl methyl sites for hydroxylation is 4. The fraction of sp³-hybridized carbons (Fsp3) is 0.312. The Morgan fingerprint density at radius 2 is 1.88 bits per heavy atom. The minimum Gasteiger partial charge on any atom is -0.310 e. The Hall–Kier alpha value is -2.68. The highest BCUT2D eigenvalue weighted by Gasteiger charge is 2.10. The van der Waals surface area contributed by atoms with E-state index in [0.717, 1.165) is 17.1 Å². The summed E-state index contributed by atoms with van der Waals surface area (Å²) in [6.07, 6.45) is 0. The highest BCUT2D eigenvalue weighted by atomic mass is 32.2. The number of amides is 1. The summed E-state index contributed by atoms with van der Waals surface area (Å²) in [7, 11) is 1.79. The molecule has 8 nitrogen and oxygen atoms in total. The lowest BCUT2D eigenvalue weighted by Crippen LogP contribution is -2.16. The molecule has 0 radical (unpaired) electrons. The average Bonchev–Trinajstić information content (AvgIpc) is 3.06. The van der Waals surface area contributed by atoms with E-state index < -0.39 is 0 Å².